The highest BCUT2D eigenvalue weighted by molar-refractivity contribution is 7.91. The second-order valence-corrected chi connectivity index (χ2v) is 17.5. The Hall–Kier alpha value is -4.01. The molecule has 6 aliphatic rings. The van der Waals surface area contributed by atoms with E-state index < -0.39 is 74.4 Å². The summed E-state index contributed by atoms with van der Waals surface area (Å²) in [5.74, 6) is -4.29. The van der Waals surface area contributed by atoms with Crippen molar-refractivity contribution in [3.05, 3.63) is 47.3 Å². The minimum atomic E-state index is -3.92. The van der Waals surface area contributed by atoms with Crippen LogP contribution < -0.4 is 10.0 Å². The van der Waals surface area contributed by atoms with Crippen LogP contribution in [0.4, 0.5) is 9.18 Å². The van der Waals surface area contributed by atoms with E-state index in [-0.39, 0.29) is 49.7 Å². The van der Waals surface area contributed by atoms with Crippen molar-refractivity contribution in [2.45, 2.75) is 113 Å². The zero-order valence-corrected chi connectivity index (χ0v) is 30.1. The van der Waals surface area contributed by atoms with Gasteiger partial charge in [-0.3, -0.25) is 28.8 Å². The summed E-state index contributed by atoms with van der Waals surface area (Å²) in [5.41, 5.74) is -0.809. The van der Waals surface area contributed by atoms with E-state index in [2.05, 4.69) is 10.0 Å². The number of nitrogens with one attached hydrogen (secondary N) is 2. The Morgan fingerprint density at radius 1 is 1.02 bits per heavy atom. The first-order valence-electron chi connectivity index (χ1n) is 18.8. The van der Waals surface area contributed by atoms with E-state index in [1.165, 1.54) is 17.0 Å². The van der Waals surface area contributed by atoms with Crippen molar-refractivity contribution in [3.8, 4) is 0 Å². The van der Waals surface area contributed by atoms with Gasteiger partial charge in [0.15, 0.2) is 0 Å². The lowest BCUT2D eigenvalue weighted by Gasteiger charge is -2.32. The van der Waals surface area contributed by atoms with Crippen LogP contribution in [0.3, 0.4) is 0 Å². The molecule has 0 radical (unpaired) electrons. The Morgan fingerprint density at radius 2 is 1.77 bits per heavy atom. The smallest absolute Gasteiger partial charge is 0.408 e. The molecule has 2 saturated carbocycles. The van der Waals surface area contributed by atoms with Gasteiger partial charge in [-0.15, -0.1) is 0 Å². The SMILES string of the molecule is O=C1NC2(C(=O)NS(=O)(=O)C3CC3)CC2/C=C\CCCCC[C@H](CC(=O)N2CCCCC2)C(=O)N2C[C@H](C3c4cccc(F)c4CN3C(=O)O)C[C@@H]12. The van der Waals surface area contributed by atoms with Crippen molar-refractivity contribution in [3.63, 3.8) is 0 Å². The second kappa shape index (κ2) is 14.4. The number of hydrogen-bond acceptors (Lipinski definition) is 7. The molecular formula is C37H48FN5O8S. The van der Waals surface area contributed by atoms with E-state index in [0.717, 1.165) is 37.0 Å². The molecule has 4 fully saturated rings. The van der Waals surface area contributed by atoms with Crippen molar-refractivity contribution in [1.82, 2.24) is 24.7 Å². The summed E-state index contributed by atoms with van der Waals surface area (Å²) in [6.45, 7) is 1.07. The van der Waals surface area contributed by atoms with Gasteiger partial charge in [0.05, 0.1) is 17.8 Å². The van der Waals surface area contributed by atoms with Crippen molar-refractivity contribution in [2.24, 2.45) is 17.8 Å². The Bertz CT molecular complexity index is 1760. The lowest BCUT2D eigenvalue weighted by molar-refractivity contribution is -0.145. The van der Waals surface area contributed by atoms with Crippen molar-refractivity contribution >= 4 is 39.7 Å². The first-order chi connectivity index (χ1) is 24.9. The standard InChI is InChI=1S/C37H48FN5O8S/c38-29-13-9-12-27-28(29)22-43(36(48)49)32(27)24-18-30-33(45)39-37(35(47)40-52(50,51)26-14-15-26)20-25(37)11-6-3-1-2-5-10-23(34(46)42(30)21-24)19-31(44)41-16-7-4-8-17-41/h6,9,11-13,23-26,30,32H,1-5,7-8,10,14-22H2,(H,39,45)(H,40,47)(H,48,49)/b11-6-/t23-,24-,25?,30+,32?,37?/m1/s1. The number of likely N-dealkylation sites (tertiary alicyclic amines) is 1. The molecule has 6 atom stereocenters. The molecule has 0 aromatic heterocycles. The number of hydrogen-bond donors (Lipinski definition) is 3. The Labute approximate surface area is 303 Å². The zero-order valence-electron chi connectivity index (χ0n) is 29.3. The minimum absolute atomic E-state index is 0.0135. The van der Waals surface area contributed by atoms with Crippen LogP contribution in [0.15, 0.2) is 30.4 Å². The number of amides is 5. The summed E-state index contributed by atoms with van der Waals surface area (Å²) in [6.07, 6.45) is 9.89. The highest BCUT2D eigenvalue weighted by atomic mass is 32.2. The molecular weight excluding hydrogens is 693 g/mol. The number of nitrogens with zero attached hydrogens (tertiary/aromatic N) is 3. The number of benzene rings is 1. The van der Waals surface area contributed by atoms with E-state index in [9.17, 15) is 41.9 Å². The predicted octanol–water partition coefficient (Wildman–Crippen LogP) is 3.60. The molecule has 52 heavy (non-hydrogen) atoms. The number of carboxylic acid groups (broad SMARTS) is 1. The third kappa shape index (κ3) is 7.16. The fourth-order valence-corrected chi connectivity index (χ4v) is 10.2. The number of sulfonamides is 1. The van der Waals surface area contributed by atoms with Crippen LogP contribution in [0, 0.1) is 23.6 Å². The first-order valence-corrected chi connectivity index (χ1v) is 20.3. The van der Waals surface area contributed by atoms with Crippen molar-refractivity contribution < 1.29 is 41.9 Å². The zero-order chi connectivity index (χ0) is 36.8. The van der Waals surface area contributed by atoms with Crippen LogP contribution in [0.5, 0.6) is 0 Å². The third-order valence-corrected chi connectivity index (χ3v) is 13.8. The number of halogens is 1. The van der Waals surface area contributed by atoms with E-state index in [4.69, 9.17) is 0 Å². The first kappa shape index (κ1) is 36.4. The highest BCUT2D eigenvalue weighted by Gasteiger charge is 2.62. The molecule has 1 aromatic rings. The van der Waals surface area contributed by atoms with Gasteiger partial charge in [0.2, 0.25) is 27.7 Å². The summed E-state index contributed by atoms with van der Waals surface area (Å²) in [5, 5.41) is 12.4. The molecule has 5 amide bonds. The second-order valence-electron chi connectivity index (χ2n) is 15.5. The molecule has 2 aliphatic carbocycles. The number of carbonyl (C=O) groups is 5. The van der Waals surface area contributed by atoms with Gasteiger partial charge in [0.25, 0.3) is 5.91 Å². The highest BCUT2D eigenvalue weighted by Crippen LogP contribution is 2.48. The number of rotatable bonds is 6. The Kier molecular flexibility index (Phi) is 10.1. The largest absolute Gasteiger partial charge is 0.465 e. The van der Waals surface area contributed by atoms with E-state index in [0.29, 0.717) is 50.8 Å². The third-order valence-electron chi connectivity index (χ3n) is 12.0. The van der Waals surface area contributed by atoms with Crippen LogP contribution in [0.25, 0.3) is 0 Å². The van der Waals surface area contributed by atoms with Gasteiger partial charge in [-0.2, -0.15) is 0 Å². The molecule has 13 nitrogen and oxygen atoms in total. The molecule has 282 valence electrons. The van der Waals surface area contributed by atoms with Gasteiger partial charge in [-0.1, -0.05) is 37.1 Å². The van der Waals surface area contributed by atoms with Crippen molar-refractivity contribution in [2.75, 3.05) is 19.6 Å². The van der Waals surface area contributed by atoms with Gasteiger partial charge in [-0.05, 0) is 75.8 Å². The van der Waals surface area contributed by atoms with Gasteiger partial charge in [0.1, 0.15) is 17.4 Å². The summed E-state index contributed by atoms with van der Waals surface area (Å²) >= 11 is 0. The predicted molar refractivity (Wildman–Crippen MR) is 186 cm³/mol. The Morgan fingerprint density at radius 3 is 2.50 bits per heavy atom. The van der Waals surface area contributed by atoms with E-state index >= 15 is 0 Å². The van der Waals surface area contributed by atoms with Crippen LogP contribution in [-0.4, -0.2) is 94.4 Å². The van der Waals surface area contributed by atoms with Gasteiger partial charge >= 0.3 is 6.09 Å². The fourth-order valence-electron chi connectivity index (χ4n) is 8.83. The maximum absolute atomic E-state index is 15.0. The number of piperidine rings is 1. The topological polar surface area (TPSA) is 174 Å². The molecule has 3 N–H and O–H groups in total. The molecule has 15 heteroatoms. The van der Waals surface area contributed by atoms with Crippen molar-refractivity contribution in [1.29, 1.82) is 0 Å². The summed E-state index contributed by atoms with van der Waals surface area (Å²) in [6, 6.07) is 2.48. The molecule has 3 unspecified atom stereocenters. The average Bonchev–Trinajstić information content (AvgIpc) is 4.01. The molecule has 0 spiro atoms. The molecule has 0 bridgehead atoms. The van der Waals surface area contributed by atoms with Gasteiger partial charge < -0.3 is 20.2 Å². The molecule has 2 saturated heterocycles. The monoisotopic (exact) mass is 741 g/mol. The minimum Gasteiger partial charge on any atom is -0.465 e. The normalized spacial score (nSPS) is 31.7. The number of allylic oxidation sites excluding steroid dienone is 1. The summed E-state index contributed by atoms with van der Waals surface area (Å²) < 4.78 is 42.8. The quantitative estimate of drug-likeness (QED) is 0.371. The lowest BCUT2D eigenvalue weighted by atomic mass is 9.90. The molecule has 4 heterocycles. The maximum atomic E-state index is 15.0. The number of fused-ring (bicyclic) bond motifs is 3. The van der Waals surface area contributed by atoms with Crippen LogP contribution in [0.2, 0.25) is 0 Å². The molecule has 4 aliphatic heterocycles. The summed E-state index contributed by atoms with van der Waals surface area (Å²) in [7, 11) is -3.92. The number of carbonyl (C=O) groups excluding carboxylic acids is 4. The molecule has 7 rings (SSSR count). The average molecular weight is 742 g/mol. The Balaban J connectivity index is 1.22. The van der Waals surface area contributed by atoms with Gasteiger partial charge in [0, 0.05) is 49.4 Å². The van der Waals surface area contributed by atoms with Crippen LogP contribution in [-0.2, 0) is 35.7 Å². The van der Waals surface area contributed by atoms with E-state index in [1.54, 1.807) is 11.0 Å². The lowest BCUT2D eigenvalue weighted by Crippen LogP contribution is -2.57. The van der Waals surface area contributed by atoms with Crippen LogP contribution >= 0.6 is 0 Å². The summed E-state index contributed by atoms with van der Waals surface area (Å²) in [4.78, 5) is 73.3. The van der Waals surface area contributed by atoms with E-state index in [1.807, 2.05) is 12.2 Å². The fraction of sp³-hybridized carbons (Fsp3) is 0.649. The van der Waals surface area contributed by atoms with Gasteiger partial charge in [-0.25, -0.2) is 17.6 Å². The molecule has 1 aromatic carbocycles. The maximum Gasteiger partial charge on any atom is 0.408 e. The van der Waals surface area contributed by atoms with Crippen LogP contribution in [0.1, 0.15) is 101 Å².